The molecule has 16 nitrogen and oxygen atoms in total. The Balaban J connectivity index is 0.732. The maximum atomic E-state index is 14.3. The van der Waals surface area contributed by atoms with Gasteiger partial charge in [0.05, 0.1) is 30.6 Å². The molecule has 1 aromatic heterocycles. The van der Waals surface area contributed by atoms with Crippen molar-refractivity contribution in [1.29, 1.82) is 0 Å². The van der Waals surface area contributed by atoms with Gasteiger partial charge in [0.2, 0.25) is 11.8 Å². The van der Waals surface area contributed by atoms with Crippen molar-refractivity contribution in [3.8, 4) is 22.8 Å². The van der Waals surface area contributed by atoms with Crippen LogP contribution in [0.25, 0.3) is 11.3 Å². The largest absolute Gasteiger partial charge is 0.507 e. The number of piperidine rings is 3. The first-order chi connectivity index (χ1) is 31.2. The molecule has 10 rings (SSSR count). The Morgan fingerprint density at radius 2 is 1.55 bits per heavy atom. The minimum absolute atomic E-state index is 0.0156. The lowest BCUT2D eigenvalue weighted by molar-refractivity contribution is -0.134. The van der Waals surface area contributed by atoms with Crippen molar-refractivity contribution in [2.24, 2.45) is 0 Å². The number of hydrogen-bond acceptors (Lipinski definition) is 13. The number of rotatable bonds is 10. The van der Waals surface area contributed by atoms with Crippen molar-refractivity contribution in [1.82, 2.24) is 25.3 Å². The molecule has 4 N–H and O–H groups in total. The maximum Gasteiger partial charge on any atom is 0.320 e. The molecule has 6 aliphatic heterocycles. The van der Waals surface area contributed by atoms with Crippen LogP contribution in [-0.4, -0.2) is 139 Å². The molecule has 3 aromatic carbocycles. The molecule has 4 amide bonds. The fraction of sp³-hybridized carbons (Fsp3) is 0.479. The molecule has 0 aliphatic carbocycles. The van der Waals surface area contributed by atoms with E-state index in [1.807, 2.05) is 53.2 Å². The van der Waals surface area contributed by atoms with E-state index in [0.29, 0.717) is 68.3 Å². The predicted octanol–water partition coefficient (Wildman–Crippen LogP) is 4.86. The highest BCUT2D eigenvalue weighted by atomic mass is 16.5. The number of aromatic nitrogens is 2. The van der Waals surface area contributed by atoms with Crippen LogP contribution in [0.2, 0.25) is 0 Å². The van der Waals surface area contributed by atoms with Gasteiger partial charge in [-0.15, -0.1) is 10.2 Å². The molecule has 4 aromatic rings. The maximum absolute atomic E-state index is 14.3. The Labute approximate surface area is 373 Å². The summed E-state index contributed by atoms with van der Waals surface area (Å²) in [7, 11) is 1.91. The number of phenolic OH excluding ortho intramolecular Hbond substituents is 1. The number of anilines is 5. The lowest BCUT2D eigenvalue weighted by atomic mass is 9.99. The van der Waals surface area contributed by atoms with Crippen molar-refractivity contribution >= 4 is 46.4 Å². The first kappa shape index (κ1) is 41.7. The molecule has 0 radical (unpaired) electrons. The van der Waals surface area contributed by atoms with Gasteiger partial charge in [0.15, 0.2) is 5.82 Å². The van der Waals surface area contributed by atoms with Crippen molar-refractivity contribution < 1.29 is 29.0 Å². The number of piperazine rings is 1. The predicted molar refractivity (Wildman–Crippen MR) is 245 cm³/mol. The van der Waals surface area contributed by atoms with E-state index >= 15 is 0 Å². The van der Waals surface area contributed by atoms with Gasteiger partial charge in [-0.25, -0.2) is 4.79 Å². The number of hydrogen-bond donors (Lipinski definition) is 3. The number of imide groups is 1. The third kappa shape index (κ3) is 8.30. The topological polar surface area (TPSA) is 173 Å². The van der Waals surface area contributed by atoms with Crippen LogP contribution in [0.1, 0.15) is 51.4 Å². The number of amides is 4. The Morgan fingerprint density at radius 3 is 2.27 bits per heavy atom. The van der Waals surface area contributed by atoms with Gasteiger partial charge >= 0.3 is 6.03 Å². The Bertz CT molecular complexity index is 2350. The molecule has 3 atom stereocenters. The fourth-order valence-electron chi connectivity index (χ4n) is 10.8. The number of nitrogens with two attached hydrogens (primary N) is 1. The number of carbonyl (C=O) groups excluding carboxylic acids is 3. The van der Waals surface area contributed by atoms with Crippen LogP contribution in [0, 0.1) is 0 Å². The second kappa shape index (κ2) is 17.7. The minimum Gasteiger partial charge on any atom is -0.507 e. The molecule has 1 unspecified atom stereocenters. The normalized spacial score (nSPS) is 23.2. The zero-order chi connectivity index (χ0) is 43.9. The summed E-state index contributed by atoms with van der Waals surface area (Å²) < 4.78 is 12.3. The van der Waals surface area contributed by atoms with E-state index in [9.17, 15) is 19.5 Å². The van der Waals surface area contributed by atoms with Crippen LogP contribution in [0.15, 0.2) is 78.9 Å². The number of para-hydroxylation sites is 1. The average molecular weight is 871 g/mol. The number of nitrogen functional groups attached to an aromatic ring is 1. The lowest BCUT2D eigenvalue weighted by Gasteiger charge is -2.48. The number of ether oxygens (including phenoxy) is 2. The molecule has 16 heteroatoms. The highest BCUT2D eigenvalue weighted by Gasteiger charge is 2.42. The van der Waals surface area contributed by atoms with E-state index in [1.165, 1.54) is 0 Å². The number of urea groups is 1. The highest BCUT2D eigenvalue weighted by Crippen LogP contribution is 2.40. The van der Waals surface area contributed by atoms with Crippen molar-refractivity contribution in [3.05, 3.63) is 78.9 Å². The van der Waals surface area contributed by atoms with E-state index in [4.69, 9.17) is 15.2 Å². The lowest BCUT2D eigenvalue weighted by Crippen LogP contribution is -2.62. The van der Waals surface area contributed by atoms with Crippen LogP contribution in [-0.2, 0) is 14.3 Å². The van der Waals surface area contributed by atoms with Crippen LogP contribution in [0.5, 0.6) is 11.5 Å². The van der Waals surface area contributed by atoms with Crippen molar-refractivity contribution in [2.75, 3.05) is 84.9 Å². The first-order valence-electron chi connectivity index (χ1n) is 22.9. The SMILES string of the molecule is CN(c1cccc(N2CCC(N(C(=O)N3CCC(Oc4cccc(N5[C@@H]6CC[C@H]5CN(c5cc(-c7ccccc7O)nnc5N)C6)c4)CC3)C3COC3)CC2)c1)C1CCC(=O)NC1=O. The molecule has 336 valence electrons. The zero-order valence-corrected chi connectivity index (χ0v) is 36.4. The molecule has 0 saturated carbocycles. The Hall–Kier alpha value is -6.29. The smallest absolute Gasteiger partial charge is 0.320 e. The van der Waals surface area contributed by atoms with E-state index in [-0.39, 0.29) is 47.8 Å². The number of carbonyl (C=O) groups is 3. The van der Waals surface area contributed by atoms with Gasteiger partial charge in [-0.3, -0.25) is 14.9 Å². The number of likely N-dealkylation sites (N-methyl/N-ethyl adjacent to an activating group) is 1. The molecule has 7 heterocycles. The van der Waals surface area contributed by atoms with Gasteiger partial charge in [-0.2, -0.15) is 0 Å². The van der Waals surface area contributed by atoms with Gasteiger partial charge in [0.25, 0.3) is 0 Å². The van der Waals surface area contributed by atoms with E-state index in [0.717, 1.165) is 93.2 Å². The summed E-state index contributed by atoms with van der Waals surface area (Å²) in [5.74, 6) is 0.937. The zero-order valence-electron chi connectivity index (χ0n) is 36.4. The number of nitrogens with zero attached hydrogens (tertiary/aromatic N) is 8. The summed E-state index contributed by atoms with van der Waals surface area (Å²) in [4.78, 5) is 52.0. The third-order valence-corrected chi connectivity index (χ3v) is 14.3. The summed E-state index contributed by atoms with van der Waals surface area (Å²) in [6.45, 7) is 5.66. The van der Waals surface area contributed by atoms with Crippen LogP contribution < -0.4 is 35.4 Å². The second-order valence-corrected chi connectivity index (χ2v) is 18.2. The number of likely N-dealkylation sites (tertiary alicyclic amines) is 1. The van der Waals surface area contributed by atoms with Gasteiger partial charge in [-0.05, 0) is 80.6 Å². The van der Waals surface area contributed by atoms with E-state index < -0.39 is 0 Å². The summed E-state index contributed by atoms with van der Waals surface area (Å²) in [6, 6.07) is 26.3. The molecule has 6 saturated heterocycles. The minimum atomic E-state index is -0.383. The van der Waals surface area contributed by atoms with Gasteiger partial charge in [0, 0.05) is 112 Å². The molecule has 0 spiro atoms. The van der Waals surface area contributed by atoms with Gasteiger partial charge in [-0.1, -0.05) is 24.3 Å². The highest BCUT2D eigenvalue weighted by molar-refractivity contribution is 6.01. The average Bonchev–Trinajstić information content (AvgIpc) is 3.56. The van der Waals surface area contributed by atoms with Crippen LogP contribution >= 0.6 is 0 Å². The summed E-state index contributed by atoms with van der Waals surface area (Å²) >= 11 is 0. The molecule has 64 heavy (non-hydrogen) atoms. The van der Waals surface area contributed by atoms with Crippen LogP contribution in [0.3, 0.4) is 0 Å². The number of nitrogens with one attached hydrogen (secondary N) is 1. The monoisotopic (exact) mass is 870 g/mol. The van der Waals surface area contributed by atoms with Crippen molar-refractivity contribution in [2.45, 2.75) is 87.7 Å². The Morgan fingerprint density at radius 1 is 0.812 bits per heavy atom. The summed E-state index contributed by atoms with van der Waals surface area (Å²) in [6.07, 6.45) is 6.25. The number of phenols is 1. The molecular formula is C48H58N10O6. The number of fused-ring (bicyclic) bond motifs is 2. The van der Waals surface area contributed by atoms with E-state index in [2.05, 4.69) is 65.4 Å². The third-order valence-electron chi connectivity index (χ3n) is 14.3. The van der Waals surface area contributed by atoms with E-state index in [1.54, 1.807) is 12.1 Å². The Kier molecular flexibility index (Phi) is 11.5. The van der Waals surface area contributed by atoms with Crippen molar-refractivity contribution in [3.63, 3.8) is 0 Å². The molecule has 2 bridgehead atoms. The summed E-state index contributed by atoms with van der Waals surface area (Å²) in [5, 5.41) is 21.5. The van der Waals surface area contributed by atoms with Crippen LogP contribution in [0.4, 0.5) is 33.4 Å². The summed E-state index contributed by atoms with van der Waals surface area (Å²) in [5.41, 5.74) is 11.7. The second-order valence-electron chi connectivity index (χ2n) is 18.2. The first-order valence-corrected chi connectivity index (χ1v) is 22.9. The standard InChI is InChI=1S/C48H58N10O6/c1-53(42-14-15-45(60)50-47(42)61)32-6-4-7-33(24-32)54-20-16-31(17-21-54)58(37-29-63-30-37)48(62)55-22-18-38(19-23-55)64-39-9-5-8-34(25-39)57-35-12-13-36(57)28-56(27-35)43-26-41(51-52-46(43)49)40-10-2-3-11-44(40)59/h2-11,24-26,31,35-38,42,59H,12-23,27-30H2,1H3,(H2,49,52)(H,50,60,61)/t35-,36+,42?. The fourth-order valence-corrected chi connectivity index (χ4v) is 10.8. The number of benzene rings is 3. The molecule has 6 fully saturated rings. The quantitative estimate of drug-likeness (QED) is 0.185. The number of aromatic hydroxyl groups is 1. The molecular weight excluding hydrogens is 813 g/mol. The van der Waals surface area contributed by atoms with Gasteiger partial charge in [0.1, 0.15) is 23.6 Å². The van der Waals surface area contributed by atoms with Gasteiger partial charge < -0.3 is 49.7 Å². The molecule has 6 aliphatic rings.